The minimum atomic E-state index is -5.08. The number of ether oxygens (including phenoxy) is 3. The Morgan fingerprint density at radius 2 is 1.22 bits per heavy atom. The largest absolute Gasteiger partial charge is 1.00 e. The second kappa shape index (κ2) is 34.9. The predicted octanol–water partition coefficient (Wildman–Crippen LogP) is 7.63. The first-order chi connectivity index (χ1) is 30.0. The van der Waals surface area contributed by atoms with Gasteiger partial charge in [-0.15, -0.1) is 0 Å². The summed E-state index contributed by atoms with van der Waals surface area (Å²) in [4.78, 5) is 50.6. The molecule has 0 aromatic carbocycles. The number of imidazole rings is 1. The Balaban J connectivity index is 0.0000137. The number of nitrogen functional groups attached to an aromatic ring is 1. The van der Waals surface area contributed by atoms with Crippen LogP contribution in [-0.2, 0) is 37.4 Å². The Hall–Kier alpha value is -1.39. The van der Waals surface area contributed by atoms with E-state index in [4.69, 9.17) is 40.6 Å². The maximum absolute atomic E-state index is 13.1. The first kappa shape index (κ1) is 57.7. The van der Waals surface area contributed by atoms with E-state index in [0.29, 0.717) is 18.4 Å². The molecule has 1 aliphatic heterocycles. The molecule has 0 amide bonds. The topological polar surface area (TPSA) is 210 Å². The second-order valence-corrected chi connectivity index (χ2v) is 18.7. The molecule has 1 fully saturated rings. The number of unbranched alkanes of at least 4 members (excludes halogenated alkanes) is 24. The van der Waals surface area contributed by atoms with Crippen LogP contribution in [0.2, 0.25) is 5.28 Å². The molecule has 63 heavy (non-hydrogen) atoms. The summed E-state index contributed by atoms with van der Waals surface area (Å²) in [5, 5.41) is 10.6. The number of anilines is 1. The number of nitrogens with zero attached hydrogens (tertiary/aromatic N) is 4. The summed E-state index contributed by atoms with van der Waals surface area (Å²) >= 11 is 5.98. The number of aromatic nitrogens is 4. The first-order valence-corrected chi connectivity index (χ1v) is 25.8. The zero-order valence-corrected chi connectivity index (χ0v) is 42.5. The van der Waals surface area contributed by atoms with Crippen LogP contribution < -0.4 is 40.2 Å². The zero-order chi connectivity index (χ0) is 44.8. The van der Waals surface area contributed by atoms with Crippen molar-refractivity contribution >= 4 is 48.3 Å². The summed E-state index contributed by atoms with van der Waals surface area (Å²) in [5.41, 5.74) is 6.49. The Morgan fingerprint density at radius 3 is 1.67 bits per heavy atom. The van der Waals surface area contributed by atoms with E-state index in [1.165, 1.54) is 126 Å². The molecule has 0 radical (unpaired) electrons. The van der Waals surface area contributed by atoms with Crippen LogP contribution >= 0.6 is 19.4 Å². The normalized spacial score (nSPS) is 17.3. The molecule has 0 aliphatic carbocycles. The Bertz CT molecular complexity index is 1530. The zero-order valence-electron chi connectivity index (χ0n) is 38.8. The van der Waals surface area contributed by atoms with Crippen LogP contribution in [0.4, 0.5) is 5.82 Å². The number of hydrogen-bond donors (Lipinski definition) is 2. The quantitative estimate of drug-likeness (QED) is 0.0218. The number of rotatable bonds is 38. The molecule has 356 valence electrons. The van der Waals surface area contributed by atoms with Crippen molar-refractivity contribution in [3.63, 3.8) is 0 Å². The van der Waals surface area contributed by atoms with Crippen molar-refractivity contribution in [3.8, 4) is 0 Å². The van der Waals surface area contributed by atoms with Gasteiger partial charge in [0.25, 0.3) is 7.82 Å². The molecule has 1 aliphatic rings. The van der Waals surface area contributed by atoms with Gasteiger partial charge in [0.15, 0.2) is 11.5 Å². The first-order valence-electron chi connectivity index (χ1n) is 24.0. The monoisotopic (exact) mass is 938 g/mol. The number of phosphoric ester groups is 1. The van der Waals surface area contributed by atoms with Gasteiger partial charge in [-0.05, 0) is 24.4 Å². The number of carbonyl (C=O) groups is 2. The van der Waals surface area contributed by atoms with E-state index in [0.717, 1.165) is 38.5 Å². The molecule has 3 rings (SSSR count). The van der Waals surface area contributed by atoms with E-state index in [1.54, 1.807) is 0 Å². The van der Waals surface area contributed by atoms with Crippen LogP contribution in [0.1, 0.15) is 206 Å². The van der Waals surface area contributed by atoms with E-state index >= 15 is 0 Å². The van der Waals surface area contributed by atoms with E-state index < -0.39 is 64.1 Å². The van der Waals surface area contributed by atoms with E-state index in [-0.39, 0.29) is 65.6 Å². The molecule has 2 aromatic heterocycles. The molecule has 0 saturated carbocycles. The Labute approximate surface area is 404 Å². The van der Waals surface area contributed by atoms with Crippen molar-refractivity contribution in [2.45, 2.75) is 225 Å². The molecule has 3 heterocycles. The Morgan fingerprint density at radius 1 is 0.794 bits per heavy atom. The number of carbonyl (C=O) groups excluding carboxylic acids is 2. The van der Waals surface area contributed by atoms with Crippen LogP contribution in [0.5, 0.6) is 0 Å². The molecule has 3 N–H and O–H groups in total. The van der Waals surface area contributed by atoms with Crippen molar-refractivity contribution in [2.24, 2.45) is 0 Å². The fraction of sp³-hybridized carbons (Fsp3) is 0.844. The van der Waals surface area contributed by atoms with Crippen LogP contribution in [0.25, 0.3) is 11.2 Å². The van der Waals surface area contributed by atoms with E-state index in [1.807, 2.05) is 0 Å². The van der Waals surface area contributed by atoms with Gasteiger partial charge in [-0.25, -0.2) is 4.98 Å². The van der Waals surface area contributed by atoms with Gasteiger partial charge in [0, 0.05) is 19.3 Å². The fourth-order valence-corrected chi connectivity index (χ4v) is 8.78. The number of hydrogen-bond acceptors (Lipinski definition) is 14. The Kier molecular flexibility index (Phi) is 31.9. The summed E-state index contributed by atoms with van der Waals surface area (Å²) in [5.74, 6) is -0.905. The van der Waals surface area contributed by atoms with Crippen molar-refractivity contribution in [3.05, 3.63) is 11.6 Å². The number of halogens is 1. The minimum absolute atomic E-state index is 0. The molecule has 4 atom stereocenters. The standard InChI is InChI=1S/C45H79ClN5O10P.Na/c1-3-5-7-9-11-13-15-17-19-21-23-25-27-29-40(53)57-32-36(33-58-41(54)30-28-26-24-22-20-18-16-14-12-10-8-6-4-2)61-62(55,56)59-34-38-37(52)31-39(60-38)51-35-48-42-43(47)49-45(46)50-44(42)51;/h35-39,52H,3-34H2,1-2H3,(H,55,56)(H2,47,49,50);/q;+1/p-1/t37-,38+,39+;/m0./s1. The number of esters is 2. The van der Waals surface area contributed by atoms with Crippen molar-refractivity contribution in [1.29, 1.82) is 0 Å². The van der Waals surface area contributed by atoms with Gasteiger partial charge < -0.3 is 39.0 Å². The number of fused-ring (bicyclic) bond motifs is 1. The molecule has 1 unspecified atom stereocenters. The van der Waals surface area contributed by atoms with Crippen LogP contribution in [0, 0.1) is 0 Å². The third-order valence-electron chi connectivity index (χ3n) is 11.4. The molecular formula is C45H78ClN5NaO10P. The number of nitrogens with two attached hydrogens (primary N) is 1. The van der Waals surface area contributed by atoms with Crippen molar-refractivity contribution in [1.82, 2.24) is 19.5 Å². The number of aliphatic hydroxyl groups is 1. The second-order valence-electron chi connectivity index (χ2n) is 17.0. The maximum atomic E-state index is 13.1. The third-order valence-corrected chi connectivity index (χ3v) is 12.6. The average molecular weight is 939 g/mol. The number of phosphoric acid groups is 1. The van der Waals surface area contributed by atoms with Crippen molar-refractivity contribution in [2.75, 3.05) is 25.6 Å². The molecule has 0 spiro atoms. The minimum Gasteiger partial charge on any atom is -0.756 e. The molecular weight excluding hydrogens is 860 g/mol. The molecule has 15 nitrogen and oxygen atoms in total. The predicted molar refractivity (Wildman–Crippen MR) is 240 cm³/mol. The van der Waals surface area contributed by atoms with E-state index in [2.05, 4.69) is 28.8 Å². The summed E-state index contributed by atoms with van der Waals surface area (Å²) in [7, 11) is -5.08. The van der Waals surface area contributed by atoms with Crippen molar-refractivity contribution < 1.29 is 77.0 Å². The molecule has 18 heteroatoms. The van der Waals surface area contributed by atoms with Crippen LogP contribution in [0.15, 0.2) is 6.33 Å². The fourth-order valence-electron chi connectivity index (χ4n) is 7.73. The van der Waals surface area contributed by atoms with Gasteiger partial charge in [-0.1, -0.05) is 168 Å². The summed E-state index contributed by atoms with van der Waals surface area (Å²) in [6, 6.07) is 0. The van der Waals surface area contributed by atoms with Gasteiger partial charge in [-0.2, -0.15) is 9.97 Å². The SMILES string of the molecule is CCCCCCCCCCCCCCCC(=O)OCC(COC(=O)CCCCCCCCCCCCCCC)OP(=O)([O-])OC[C@H]1O[C@@H](n2cnc3c(N)nc(Cl)nc32)C[C@@H]1O.[Na+]. The summed E-state index contributed by atoms with van der Waals surface area (Å²) in [6.07, 6.45) is 28.3. The summed E-state index contributed by atoms with van der Waals surface area (Å²) in [6.45, 7) is 2.99. The van der Waals surface area contributed by atoms with Gasteiger partial charge in [0.05, 0.1) is 19.0 Å². The maximum Gasteiger partial charge on any atom is 1.00 e. The molecule has 1 saturated heterocycles. The van der Waals surface area contributed by atoms with Crippen LogP contribution in [-0.4, -0.2) is 74.7 Å². The van der Waals surface area contributed by atoms with E-state index in [9.17, 15) is 24.2 Å². The summed E-state index contributed by atoms with van der Waals surface area (Å²) < 4.78 is 41.7. The van der Waals surface area contributed by atoms with Gasteiger partial charge in [0.1, 0.15) is 37.2 Å². The smallest absolute Gasteiger partial charge is 0.756 e. The average Bonchev–Trinajstić information content (AvgIpc) is 3.84. The van der Waals surface area contributed by atoms with Gasteiger partial charge in [-0.3, -0.25) is 18.7 Å². The molecule has 0 bridgehead atoms. The number of aliphatic hydroxyl groups excluding tert-OH is 1. The van der Waals surface area contributed by atoms with Crippen LogP contribution in [0.3, 0.4) is 0 Å². The van der Waals surface area contributed by atoms with Gasteiger partial charge in [0.2, 0.25) is 5.28 Å². The third kappa shape index (κ3) is 25.4. The molecule has 2 aromatic rings. The van der Waals surface area contributed by atoms with Gasteiger partial charge >= 0.3 is 41.5 Å².